The van der Waals surface area contributed by atoms with Crippen LogP contribution in [0.4, 0.5) is 0 Å². The molecule has 0 bridgehead atoms. The van der Waals surface area contributed by atoms with Crippen LogP contribution in [0.1, 0.15) is 33.6 Å². The molecule has 0 unspecified atom stereocenters. The maximum Gasteiger partial charge on any atom is 0.322 e. The van der Waals surface area contributed by atoms with E-state index in [1.54, 1.807) is 0 Å². The molecule has 4 nitrogen and oxygen atoms in total. The van der Waals surface area contributed by atoms with Gasteiger partial charge >= 0.3 is 5.97 Å². The number of esters is 1. The third-order valence-electron chi connectivity index (χ3n) is 1.84. The van der Waals surface area contributed by atoms with Gasteiger partial charge in [-0.05, 0) is 18.3 Å². The normalized spacial score (nSPS) is 13.8. The van der Waals surface area contributed by atoms with Gasteiger partial charge < -0.3 is 15.6 Å². The lowest BCUT2D eigenvalue weighted by Crippen LogP contribution is -2.33. The quantitative estimate of drug-likeness (QED) is 0.644. The van der Waals surface area contributed by atoms with Crippen molar-refractivity contribution in [2.45, 2.75) is 39.7 Å². The second kappa shape index (κ2) is 5.98. The summed E-state index contributed by atoms with van der Waals surface area (Å²) in [5.74, 6) is -0.427. The fourth-order valence-electron chi connectivity index (χ4n) is 0.822. The SMILES string of the molecule is CC(C)(C)CCOC(=O)[C@@H](N)CCO. The highest BCUT2D eigenvalue weighted by molar-refractivity contribution is 5.75. The van der Waals surface area contributed by atoms with Crippen LogP contribution < -0.4 is 5.73 Å². The Kier molecular flexibility index (Phi) is 5.72. The molecule has 0 amide bonds. The van der Waals surface area contributed by atoms with Gasteiger partial charge in [-0.1, -0.05) is 20.8 Å². The van der Waals surface area contributed by atoms with Crippen molar-refractivity contribution >= 4 is 5.97 Å². The number of aliphatic hydroxyl groups is 1. The lowest BCUT2D eigenvalue weighted by Gasteiger charge is -2.18. The largest absolute Gasteiger partial charge is 0.465 e. The minimum absolute atomic E-state index is 0.0878. The van der Waals surface area contributed by atoms with Crippen LogP contribution in [-0.2, 0) is 9.53 Å². The first-order valence-corrected chi connectivity index (χ1v) is 4.90. The number of hydrogen-bond acceptors (Lipinski definition) is 4. The molecule has 3 N–H and O–H groups in total. The van der Waals surface area contributed by atoms with Crippen LogP contribution in [0.2, 0.25) is 0 Å². The topological polar surface area (TPSA) is 72.5 Å². The molecule has 0 radical (unpaired) electrons. The van der Waals surface area contributed by atoms with Crippen LogP contribution in [-0.4, -0.2) is 30.3 Å². The van der Waals surface area contributed by atoms with Crippen molar-refractivity contribution in [2.75, 3.05) is 13.2 Å². The van der Waals surface area contributed by atoms with Crippen molar-refractivity contribution in [3.63, 3.8) is 0 Å². The van der Waals surface area contributed by atoms with E-state index < -0.39 is 12.0 Å². The summed E-state index contributed by atoms with van der Waals surface area (Å²) in [6, 6.07) is -0.694. The van der Waals surface area contributed by atoms with E-state index in [1.165, 1.54) is 0 Å². The fourth-order valence-corrected chi connectivity index (χ4v) is 0.822. The zero-order chi connectivity index (χ0) is 11.2. The zero-order valence-electron chi connectivity index (χ0n) is 9.25. The second-order valence-electron chi connectivity index (χ2n) is 4.60. The van der Waals surface area contributed by atoms with Crippen LogP contribution in [0.15, 0.2) is 0 Å². The second-order valence-corrected chi connectivity index (χ2v) is 4.60. The molecule has 0 saturated carbocycles. The predicted octanol–water partition coefficient (Wildman–Crippen LogP) is 0.676. The van der Waals surface area contributed by atoms with Gasteiger partial charge in [-0.2, -0.15) is 0 Å². The number of hydrogen-bond donors (Lipinski definition) is 2. The third kappa shape index (κ3) is 6.86. The van der Waals surface area contributed by atoms with E-state index in [9.17, 15) is 4.79 Å². The van der Waals surface area contributed by atoms with Gasteiger partial charge in [0.1, 0.15) is 6.04 Å². The summed E-state index contributed by atoms with van der Waals surface area (Å²) in [7, 11) is 0. The average molecular weight is 203 g/mol. The molecule has 0 aliphatic carbocycles. The molecule has 0 heterocycles. The molecule has 1 atom stereocenters. The fraction of sp³-hybridized carbons (Fsp3) is 0.900. The Labute approximate surface area is 85.4 Å². The Bertz CT molecular complexity index is 175. The van der Waals surface area contributed by atoms with Crippen molar-refractivity contribution in [1.29, 1.82) is 0 Å². The van der Waals surface area contributed by atoms with Gasteiger partial charge in [-0.3, -0.25) is 4.79 Å². The number of nitrogens with two attached hydrogens (primary N) is 1. The molecule has 84 valence electrons. The molecular formula is C10H21NO3. The minimum atomic E-state index is -0.694. The number of ether oxygens (including phenoxy) is 1. The van der Waals surface area contributed by atoms with Gasteiger partial charge in [0.05, 0.1) is 6.61 Å². The van der Waals surface area contributed by atoms with Crippen molar-refractivity contribution < 1.29 is 14.6 Å². The summed E-state index contributed by atoms with van der Waals surface area (Å²) >= 11 is 0. The van der Waals surface area contributed by atoms with E-state index in [4.69, 9.17) is 15.6 Å². The molecule has 0 fully saturated rings. The number of aliphatic hydroxyl groups excluding tert-OH is 1. The van der Waals surface area contributed by atoms with Crippen molar-refractivity contribution in [3.05, 3.63) is 0 Å². The van der Waals surface area contributed by atoms with E-state index in [-0.39, 0.29) is 18.4 Å². The predicted molar refractivity (Wildman–Crippen MR) is 54.7 cm³/mol. The number of carbonyl (C=O) groups is 1. The summed E-state index contributed by atoms with van der Waals surface area (Å²) in [5.41, 5.74) is 5.60. The Morgan fingerprint density at radius 3 is 2.50 bits per heavy atom. The van der Waals surface area contributed by atoms with Crippen molar-refractivity contribution in [1.82, 2.24) is 0 Å². The Morgan fingerprint density at radius 1 is 1.50 bits per heavy atom. The third-order valence-corrected chi connectivity index (χ3v) is 1.84. The Morgan fingerprint density at radius 2 is 2.07 bits per heavy atom. The minimum Gasteiger partial charge on any atom is -0.465 e. The molecule has 14 heavy (non-hydrogen) atoms. The average Bonchev–Trinajstić information content (AvgIpc) is 2.02. The molecule has 0 saturated heterocycles. The summed E-state index contributed by atoms with van der Waals surface area (Å²) in [6.07, 6.45) is 1.07. The molecule has 0 aliphatic rings. The van der Waals surface area contributed by atoms with E-state index in [0.29, 0.717) is 6.61 Å². The van der Waals surface area contributed by atoms with Crippen LogP contribution in [0.3, 0.4) is 0 Å². The van der Waals surface area contributed by atoms with Gasteiger partial charge in [0.2, 0.25) is 0 Å². The first-order valence-electron chi connectivity index (χ1n) is 4.90. The summed E-state index contributed by atoms with van der Waals surface area (Å²) < 4.78 is 4.96. The highest BCUT2D eigenvalue weighted by Crippen LogP contribution is 2.17. The van der Waals surface area contributed by atoms with Crippen LogP contribution in [0, 0.1) is 5.41 Å². The summed E-state index contributed by atoms with van der Waals surface area (Å²) in [5, 5.41) is 8.55. The Hall–Kier alpha value is -0.610. The highest BCUT2D eigenvalue weighted by Gasteiger charge is 2.16. The monoisotopic (exact) mass is 203 g/mol. The molecule has 0 rings (SSSR count). The maximum atomic E-state index is 11.2. The molecule has 0 aliphatic heterocycles. The summed E-state index contributed by atoms with van der Waals surface area (Å²) in [4.78, 5) is 11.2. The van der Waals surface area contributed by atoms with Gasteiger partial charge in [0.25, 0.3) is 0 Å². The van der Waals surface area contributed by atoms with Crippen molar-refractivity contribution in [2.24, 2.45) is 11.1 Å². The summed E-state index contributed by atoms with van der Waals surface area (Å²) in [6.45, 7) is 6.54. The molecule has 0 aromatic heterocycles. The van der Waals surface area contributed by atoms with Crippen LogP contribution >= 0.6 is 0 Å². The van der Waals surface area contributed by atoms with Crippen molar-refractivity contribution in [3.8, 4) is 0 Å². The highest BCUT2D eigenvalue weighted by atomic mass is 16.5. The molecule has 0 spiro atoms. The lowest BCUT2D eigenvalue weighted by molar-refractivity contribution is -0.146. The van der Waals surface area contributed by atoms with E-state index in [1.807, 2.05) is 0 Å². The van der Waals surface area contributed by atoms with E-state index >= 15 is 0 Å². The van der Waals surface area contributed by atoms with Gasteiger partial charge in [-0.15, -0.1) is 0 Å². The smallest absolute Gasteiger partial charge is 0.322 e. The Balaban J connectivity index is 3.64. The van der Waals surface area contributed by atoms with E-state index in [2.05, 4.69) is 20.8 Å². The van der Waals surface area contributed by atoms with Crippen LogP contribution in [0.5, 0.6) is 0 Å². The zero-order valence-corrected chi connectivity index (χ0v) is 9.25. The number of rotatable bonds is 5. The first kappa shape index (κ1) is 13.4. The van der Waals surface area contributed by atoms with Crippen LogP contribution in [0.25, 0.3) is 0 Å². The molecule has 4 heteroatoms. The number of carbonyl (C=O) groups excluding carboxylic acids is 1. The standard InChI is InChI=1S/C10H21NO3/c1-10(2,3)5-7-14-9(13)8(11)4-6-12/h8,12H,4-7,11H2,1-3H3/t8-/m0/s1. The van der Waals surface area contributed by atoms with Gasteiger partial charge in [0, 0.05) is 6.61 Å². The van der Waals surface area contributed by atoms with Gasteiger partial charge in [-0.25, -0.2) is 0 Å². The lowest BCUT2D eigenvalue weighted by atomic mass is 9.93. The first-order chi connectivity index (χ1) is 6.37. The molecule has 0 aromatic rings. The van der Waals surface area contributed by atoms with E-state index in [0.717, 1.165) is 6.42 Å². The molecule has 0 aromatic carbocycles. The van der Waals surface area contributed by atoms with Gasteiger partial charge in [0.15, 0.2) is 0 Å². The molecular weight excluding hydrogens is 182 g/mol. The maximum absolute atomic E-state index is 11.2.